The van der Waals surface area contributed by atoms with E-state index < -0.39 is 17.2 Å². The highest BCUT2D eigenvalue weighted by Gasteiger charge is 2.29. The van der Waals surface area contributed by atoms with E-state index in [1.807, 2.05) is 32.9 Å². The molecule has 24 heavy (non-hydrogen) atoms. The zero-order chi connectivity index (χ0) is 18.0. The molecule has 2 aromatic carbocycles. The number of hydrogen-bond donors (Lipinski definition) is 0. The molecule has 2 aromatic rings. The Morgan fingerprint density at radius 3 is 2.00 bits per heavy atom. The quantitative estimate of drug-likeness (QED) is 0.490. The van der Waals surface area contributed by atoms with Crippen LogP contribution in [0.4, 0.5) is 13.2 Å². The van der Waals surface area contributed by atoms with Gasteiger partial charge in [0, 0.05) is 11.0 Å². The van der Waals surface area contributed by atoms with Crippen LogP contribution in [0.2, 0.25) is 0 Å². The molecule has 0 aliphatic heterocycles. The molecule has 0 saturated heterocycles. The molecule has 0 aromatic heterocycles. The first-order valence-electron chi connectivity index (χ1n) is 7.58. The zero-order valence-electron chi connectivity index (χ0n) is 13.8. The third-order valence-corrected chi connectivity index (χ3v) is 3.58. The maximum atomic E-state index is 12.6. The lowest BCUT2D eigenvalue weighted by atomic mass is 9.84. The molecule has 0 aliphatic carbocycles. The Bertz CT molecular complexity index is 748. The first-order valence-corrected chi connectivity index (χ1v) is 7.58. The summed E-state index contributed by atoms with van der Waals surface area (Å²) in [6.45, 7) is 5.56. The average molecular weight is 332 g/mol. The topological polar surface area (TPSA) is 17.1 Å². The molecule has 0 unspecified atom stereocenters. The minimum atomic E-state index is -4.34. The first kappa shape index (κ1) is 18.0. The Morgan fingerprint density at radius 2 is 1.46 bits per heavy atom. The number of Topliss-reactive ketones (excluding diaryl/α,β-unsaturated/α-hetero) is 1. The summed E-state index contributed by atoms with van der Waals surface area (Å²) in [6.07, 6.45) is -0.884. The van der Waals surface area contributed by atoms with Crippen LogP contribution < -0.4 is 0 Å². The fourth-order valence-electron chi connectivity index (χ4n) is 2.22. The molecule has 2 rings (SSSR count). The number of benzene rings is 2. The van der Waals surface area contributed by atoms with Crippen molar-refractivity contribution >= 4 is 17.9 Å². The van der Waals surface area contributed by atoms with Crippen LogP contribution in [-0.2, 0) is 6.18 Å². The van der Waals surface area contributed by atoms with Crippen molar-refractivity contribution in [2.75, 3.05) is 0 Å². The van der Waals surface area contributed by atoms with Crippen LogP contribution in [0.1, 0.15) is 47.8 Å². The molecule has 0 fully saturated rings. The molecule has 0 saturated carbocycles. The smallest absolute Gasteiger partial charge is 0.294 e. The summed E-state index contributed by atoms with van der Waals surface area (Å²) in [4.78, 5) is 12.5. The van der Waals surface area contributed by atoms with Gasteiger partial charge in [0.25, 0.3) is 0 Å². The van der Waals surface area contributed by atoms with Gasteiger partial charge in [0.2, 0.25) is 0 Å². The predicted molar refractivity (Wildman–Crippen MR) is 90.6 cm³/mol. The second-order valence-electron chi connectivity index (χ2n) is 6.62. The van der Waals surface area contributed by atoms with Crippen LogP contribution >= 0.6 is 0 Å². The highest BCUT2D eigenvalue weighted by molar-refractivity contribution is 6.03. The van der Waals surface area contributed by atoms with Crippen LogP contribution in [0.15, 0.2) is 48.5 Å². The zero-order valence-corrected chi connectivity index (χ0v) is 13.8. The van der Waals surface area contributed by atoms with E-state index in [0.717, 1.165) is 17.7 Å². The lowest BCUT2D eigenvalue weighted by molar-refractivity contribution is -0.137. The van der Waals surface area contributed by atoms with E-state index in [1.54, 1.807) is 24.3 Å². The number of carbonyl (C=O) groups excluding carboxylic acids is 1. The van der Waals surface area contributed by atoms with E-state index in [2.05, 4.69) is 0 Å². The molecule has 126 valence electrons. The van der Waals surface area contributed by atoms with Crippen molar-refractivity contribution in [1.82, 2.24) is 0 Å². The largest absolute Gasteiger partial charge is 0.416 e. The van der Waals surface area contributed by atoms with Crippen molar-refractivity contribution in [3.05, 3.63) is 70.8 Å². The van der Waals surface area contributed by atoms with E-state index in [9.17, 15) is 18.0 Å². The summed E-state index contributed by atoms with van der Waals surface area (Å²) in [6, 6.07) is 12.1. The minimum Gasteiger partial charge on any atom is -0.294 e. The van der Waals surface area contributed by atoms with Gasteiger partial charge in [-0.3, -0.25) is 4.79 Å². The van der Waals surface area contributed by atoms with Crippen LogP contribution in [0, 0.1) is 5.41 Å². The van der Waals surface area contributed by atoms with Crippen LogP contribution in [-0.4, -0.2) is 5.78 Å². The summed E-state index contributed by atoms with van der Waals surface area (Å²) in [7, 11) is 0. The molecule has 0 spiro atoms. The maximum absolute atomic E-state index is 12.6. The van der Waals surface area contributed by atoms with Crippen LogP contribution in [0.3, 0.4) is 0 Å². The van der Waals surface area contributed by atoms with Crippen molar-refractivity contribution in [3.63, 3.8) is 0 Å². The summed E-state index contributed by atoms with van der Waals surface area (Å²) in [5.74, 6) is 0.0233. The standard InChI is InChI=1S/C20H19F3O/c1-19(2,3)18(24)17-7-5-4-6-15(17)11-8-14-9-12-16(13-10-14)20(21,22)23/h4-13H,1-3H3/b11-8+. The van der Waals surface area contributed by atoms with Gasteiger partial charge in [0.15, 0.2) is 5.78 Å². The van der Waals surface area contributed by atoms with Gasteiger partial charge in [0.1, 0.15) is 0 Å². The summed E-state index contributed by atoms with van der Waals surface area (Å²) in [5, 5.41) is 0. The number of alkyl halides is 3. The molecule has 1 nitrogen and oxygen atoms in total. The molecule has 0 N–H and O–H groups in total. The molecule has 0 heterocycles. The van der Waals surface area contributed by atoms with Crippen LogP contribution in [0.5, 0.6) is 0 Å². The molecular formula is C20H19F3O. The van der Waals surface area contributed by atoms with Crippen molar-refractivity contribution in [2.45, 2.75) is 26.9 Å². The third kappa shape index (κ3) is 4.34. The number of rotatable bonds is 3. The van der Waals surface area contributed by atoms with E-state index in [1.165, 1.54) is 12.1 Å². The SMILES string of the molecule is CC(C)(C)C(=O)c1ccccc1/C=C/c1ccc(C(F)(F)F)cc1. The number of ketones is 1. The van der Waals surface area contributed by atoms with E-state index in [-0.39, 0.29) is 5.78 Å². The number of carbonyl (C=O) groups is 1. The molecule has 0 bridgehead atoms. The van der Waals surface area contributed by atoms with E-state index in [4.69, 9.17) is 0 Å². The highest BCUT2D eigenvalue weighted by atomic mass is 19.4. The average Bonchev–Trinajstić information content (AvgIpc) is 2.51. The lowest BCUT2D eigenvalue weighted by Crippen LogP contribution is -2.20. The van der Waals surface area contributed by atoms with Crippen molar-refractivity contribution in [1.29, 1.82) is 0 Å². The second kappa shape index (κ2) is 6.63. The number of halogens is 3. The van der Waals surface area contributed by atoms with Crippen molar-refractivity contribution < 1.29 is 18.0 Å². The number of hydrogen-bond acceptors (Lipinski definition) is 1. The molecule has 0 aliphatic rings. The van der Waals surface area contributed by atoms with Gasteiger partial charge in [-0.2, -0.15) is 13.2 Å². The van der Waals surface area contributed by atoms with E-state index in [0.29, 0.717) is 11.1 Å². The Hall–Kier alpha value is -2.36. The molecule has 0 atom stereocenters. The molecule has 0 amide bonds. The fourth-order valence-corrected chi connectivity index (χ4v) is 2.22. The molecular weight excluding hydrogens is 313 g/mol. The third-order valence-electron chi connectivity index (χ3n) is 3.58. The summed E-state index contributed by atoms with van der Waals surface area (Å²) in [5.41, 5.74) is 0.813. The van der Waals surface area contributed by atoms with Gasteiger partial charge in [-0.1, -0.05) is 69.3 Å². The fraction of sp³-hybridized carbons (Fsp3) is 0.250. The summed E-state index contributed by atoms with van der Waals surface area (Å²) >= 11 is 0. The normalized spacial score (nSPS) is 12.6. The Labute approximate surface area is 139 Å². The Morgan fingerprint density at radius 1 is 0.875 bits per heavy atom. The Kier molecular flexibility index (Phi) is 4.97. The van der Waals surface area contributed by atoms with Gasteiger partial charge in [-0.15, -0.1) is 0 Å². The van der Waals surface area contributed by atoms with Crippen LogP contribution in [0.25, 0.3) is 12.2 Å². The van der Waals surface area contributed by atoms with Gasteiger partial charge in [-0.05, 0) is 23.3 Å². The monoisotopic (exact) mass is 332 g/mol. The van der Waals surface area contributed by atoms with Gasteiger partial charge < -0.3 is 0 Å². The van der Waals surface area contributed by atoms with Gasteiger partial charge in [0.05, 0.1) is 5.56 Å². The predicted octanol–water partition coefficient (Wildman–Crippen LogP) is 6.10. The first-order chi connectivity index (χ1) is 11.1. The second-order valence-corrected chi connectivity index (χ2v) is 6.62. The Balaban J connectivity index is 2.29. The maximum Gasteiger partial charge on any atom is 0.416 e. The molecule has 4 heteroatoms. The highest BCUT2D eigenvalue weighted by Crippen LogP contribution is 2.29. The lowest BCUT2D eigenvalue weighted by Gasteiger charge is -2.18. The molecule has 0 radical (unpaired) electrons. The van der Waals surface area contributed by atoms with E-state index >= 15 is 0 Å². The van der Waals surface area contributed by atoms with Crippen molar-refractivity contribution in [2.24, 2.45) is 5.41 Å². The van der Waals surface area contributed by atoms with Gasteiger partial charge >= 0.3 is 6.18 Å². The van der Waals surface area contributed by atoms with Gasteiger partial charge in [-0.25, -0.2) is 0 Å². The summed E-state index contributed by atoms with van der Waals surface area (Å²) < 4.78 is 37.7. The minimum absolute atomic E-state index is 0.0233. The van der Waals surface area contributed by atoms with Crippen molar-refractivity contribution in [3.8, 4) is 0 Å².